The van der Waals surface area contributed by atoms with E-state index in [1.165, 1.54) is 0 Å². The van der Waals surface area contributed by atoms with E-state index in [9.17, 15) is 9.59 Å². The second kappa shape index (κ2) is 7.77. The first-order chi connectivity index (χ1) is 9.42. The molecule has 1 aliphatic carbocycles. The van der Waals surface area contributed by atoms with Gasteiger partial charge in [-0.15, -0.1) is 0 Å². The topological polar surface area (TPSA) is 63.4 Å². The summed E-state index contributed by atoms with van der Waals surface area (Å²) in [5.41, 5.74) is 6.03. The van der Waals surface area contributed by atoms with Crippen LogP contribution in [-0.2, 0) is 9.59 Å². The summed E-state index contributed by atoms with van der Waals surface area (Å²) < 4.78 is 0. The average Bonchev–Trinajstić information content (AvgIpc) is 2.45. The van der Waals surface area contributed by atoms with Crippen molar-refractivity contribution in [1.29, 1.82) is 0 Å². The van der Waals surface area contributed by atoms with Gasteiger partial charge in [0.25, 0.3) is 0 Å². The fourth-order valence-corrected chi connectivity index (χ4v) is 2.73. The molecule has 0 aromatic heterocycles. The van der Waals surface area contributed by atoms with Crippen LogP contribution in [-0.4, -0.2) is 28.8 Å². The summed E-state index contributed by atoms with van der Waals surface area (Å²) in [6, 6.07) is 0.118. The molecule has 4 nitrogen and oxygen atoms in total. The first kappa shape index (κ1) is 17.2. The summed E-state index contributed by atoms with van der Waals surface area (Å²) >= 11 is 0. The van der Waals surface area contributed by atoms with Crippen LogP contribution in [0.3, 0.4) is 0 Å². The van der Waals surface area contributed by atoms with Crippen LogP contribution in [0.25, 0.3) is 0 Å². The lowest BCUT2D eigenvalue weighted by atomic mass is 9.88. The van der Waals surface area contributed by atoms with Crippen molar-refractivity contribution in [3.8, 4) is 0 Å². The Balaban J connectivity index is 2.94. The number of hydrogen-bond acceptors (Lipinski definition) is 3. The smallest absolute Gasteiger partial charge is 0.232 e. The van der Waals surface area contributed by atoms with Crippen molar-refractivity contribution < 1.29 is 9.59 Å². The molecule has 116 valence electrons. The SMILES string of the molecule is CCC(C)C(=O)N(C(=O)C(C)CC)C1CCCC(N)C1. The highest BCUT2D eigenvalue weighted by Gasteiger charge is 2.35. The van der Waals surface area contributed by atoms with Crippen LogP contribution < -0.4 is 5.73 Å². The van der Waals surface area contributed by atoms with E-state index in [1.807, 2.05) is 27.7 Å². The minimum Gasteiger partial charge on any atom is -0.328 e. The molecule has 0 heterocycles. The monoisotopic (exact) mass is 282 g/mol. The highest BCUT2D eigenvalue weighted by atomic mass is 16.2. The minimum atomic E-state index is -0.0962. The summed E-state index contributed by atoms with van der Waals surface area (Å²) in [6.45, 7) is 7.78. The van der Waals surface area contributed by atoms with Gasteiger partial charge < -0.3 is 5.73 Å². The fourth-order valence-electron chi connectivity index (χ4n) is 2.73. The maximum atomic E-state index is 12.6. The third kappa shape index (κ3) is 4.05. The van der Waals surface area contributed by atoms with E-state index in [0.29, 0.717) is 0 Å². The maximum Gasteiger partial charge on any atom is 0.232 e. The van der Waals surface area contributed by atoms with Gasteiger partial charge >= 0.3 is 0 Å². The maximum absolute atomic E-state index is 12.6. The van der Waals surface area contributed by atoms with Gasteiger partial charge in [-0.25, -0.2) is 0 Å². The standard InChI is InChI=1S/C16H30N2O2/c1-5-11(3)15(19)18(16(20)12(4)6-2)14-9-7-8-13(17)10-14/h11-14H,5-10,17H2,1-4H3. The van der Waals surface area contributed by atoms with Crippen molar-refractivity contribution in [2.45, 2.75) is 78.3 Å². The van der Waals surface area contributed by atoms with Gasteiger partial charge in [0.05, 0.1) is 0 Å². The number of rotatable bonds is 5. The first-order valence-electron chi connectivity index (χ1n) is 8.04. The third-order valence-electron chi connectivity index (χ3n) is 4.59. The van der Waals surface area contributed by atoms with Gasteiger partial charge in [0.2, 0.25) is 11.8 Å². The minimum absolute atomic E-state index is 0.00162. The number of amides is 2. The van der Waals surface area contributed by atoms with Crippen LogP contribution in [0.5, 0.6) is 0 Å². The van der Waals surface area contributed by atoms with E-state index in [1.54, 1.807) is 4.90 Å². The van der Waals surface area contributed by atoms with Crippen molar-refractivity contribution >= 4 is 11.8 Å². The molecule has 1 saturated carbocycles. The Morgan fingerprint density at radius 1 is 1.10 bits per heavy atom. The fraction of sp³-hybridized carbons (Fsp3) is 0.875. The van der Waals surface area contributed by atoms with Crippen LogP contribution in [0.1, 0.15) is 66.2 Å². The predicted molar refractivity (Wildman–Crippen MR) is 81.0 cm³/mol. The highest BCUT2D eigenvalue weighted by Crippen LogP contribution is 2.26. The van der Waals surface area contributed by atoms with Crippen molar-refractivity contribution in [1.82, 2.24) is 4.90 Å². The lowest BCUT2D eigenvalue weighted by molar-refractivity contribution is -0.153. The molecule has 0 saturated heterocycles. The highest BCUT2D eigenvalue weighted by molar-refractivity contribution is 5.97. The van der Waals surface area contributed by atoms with Crippen LogP contribution in [0, 0.1) is 11.8 Å². The van der Waals surface area contributed by atoms with E-state index in [4.69, 9.17) is 5.73 Å². The average molecular weight is 282 g/mol. The molecule has 0 aromatic rings. The van der Waals surface area contributed by atoms with Crippen LogP contribution in [0.15, 0.2) is 0 Å². The molecule has 0 radical (unpaired) electrons. The number of carbonyl (C=O) groups excluding carboxylic acids is 2. The molecule has 20 heavy (non-hydrogen) atoms. The number of hydrogen-bond donors (Lipinski definition) is 1. The number of nitrogens with zero attached hydrogens (tertiary/aromatic N) is 1. The Bertz CT molecular complexity index is 321. The van der Waals surface area contributed by atoms with Crippen LogP contribution in [0.2, 0.25) is 0 Å². The van der Waals surface area contributed by atoms with Crippen LogP contribution >= 0.6 is 0 Å². The van der Waals surface area contributed by atoms with Gasteiger partial charge in [0.1, 0.15) is 0 Å². The number of nitrogens with two attached hydrogens (primary N) is 1. The first-order valence-corrected chi connectivity index (χ1v) is 8.04. The summed E-state index contributed by atoms with van der Waals surface area (Å²) in [6.07, 6.45) is 5.19. The Morgan fingerprint density at radius 2 is 1.60 bits per heavy atom. The van der Waals surface area contributed by atoms with Gasteiger partial charge in [0, 0.05) is 23.9 Å². The summed E-state index contributed by atoms with van der Waals surface area (Å²) in [4.78, 5) is 26.8. The van der Waals surface area contributed by atoms with E-state index < -0.39 is 0 Å². The van der Waals surface area contributed by atoms with Gasteiger partial charge in [-0.1, -0.05) is 27.7 Å². The van der Waals surface area contributed by atoms with Crippen molar-refractivity contribution in [2.24, 2.45) is 17.6 Å². The molecule has 4 unspecified atom stereocenters. The Kier molecular flexibility index (Phi) is 6.66. The van der Waals surface area contributed by atoms with E-state index in [0.717, 1.165) is 38.5 Å². The van der Waals surface area contributed by atoms with Gasteiger partial charge in [0.15, 0.2) is 0 Å². The number of imide groups is 1. The molecule has 0 spiro atoms. The predicted octanol–water partition coefficient (Wildman–Crippen LogP) is 2.70. The lowest BCUT2D eigenvalue weighted by Gasteiger charge is -2.37. The van der Waals surface area contributed by atoms with Crippen molar-refractivity contribution in [2.75, 3.05) is 0 Å². The molecule has 1 aliphatic rings. The second-order valence-electron chi connectivity index (χ2n) is 6.25. The Hall–Kier alpha value is -0.900. The summed E-state index contributed by atoms with van der Waals surface area (Å²) in [5.74, 6) is -0.226. The van der Waals surface area contributed by atoms with Gasteiger partial charge in [-0.2, -0.15) is 0 Å². The molecular weight excluding hydrogens is 252 g/mol. The van der Waals surface area contributed by atoms with Gasteiger partial charge in [-0.05, 0) is 38.5 Å². The molecular formula is C16H30N2O2. The molecule has 0 aliphatic heterocycles. The molecule has 1 fully saturated rings. The van der Waals surface area contributed by atoms with E-state index in [2.05, 4.69) is 0 Å². The lowest BCUT2D eigenvalue weighted by Crippen LogP contribution is -2.51. The zero-order valence-corrected chi connectivity index (χ0v) is 13.4. The second-order valence-corrected chi connectivity index (χ2v) is 6.25. The van der Waals surface area contributed by atoms with E-state index in [-0.39, 0.29) is 35.7 Å². The molecule has 0 aromatic carbocycles. The largest absolute Gasteiger partial charge is 0.328 e. The third-order valence-corrected chi connectivity index (χ3v) is 4.59. The molecule has 4 atom stereocenters. The van der Waals surface area contributed by atoms with Gasteiger partial charge in [-0.3, -0.25) is 14.5 Å². The zero-order chi connectivity index (χ0) is 15.3. The van der Waals surface area contributed by atoms with Crippen molar-refractivity contribution in [3.63, 3.8) is 0 Å². The number of carbonyl (C=O) groups is 2. The van der Waals surface area contributed by atoms with Crippen LogP contribution in [0.4, 0.5) is 0 Å². The van der Waals surface area contributed by atoms with Crippen molar-refractivity contribution in [3.05, 3.63) is 0 Å². The molecule has 0 bridgehead atoms. The summed E-state index contributed by atoms with van der Waals surface area (Å²) in [5, 5.41) is 0. The zero-order valence-electron chi connectivity index (χ0n) is 13.4. The summed E-state index contributed by atoms with van der Waals surface area (Å²) in [7, 11) is 0. The molecule has 1 rings (SSSR count). The molecule has 2 amide bonds. The Labute approximate surface area is 123 Å². The molecule has 4 heteroatoms. The quantitative estimate of drug-likeness (QED) is 0.843. The Morgan fingerprint density at radius 3 is 2.00 bits per heavy atom. The molecule has 2 N–H and O–H groups in total. The normalized spacial score (nSPS) is 25.9. The van der Waals surface area contributed by atoms with E-state index >= 15 is 0 Å².